The van der Waals surface area contributed by atoms with Gasteiger partial charge in [0.15, 0.2) is 0 Å². The lowest BCUT2D eigenvalue weighted by atomic mass is 10.1. The molecule has 1 heterocycles. The number of hydrogen-bond donors (Lipinski definition) is 3. The normalized spacial score (nSPS) is 18.6. The van der Waals surface area contributed by atoms with E-state index >= 15 is 0 Å². The van der Waals surface area contributed by atoms with Crippen LogP contribution in [0.1, 0.15) is 25.0 Å². The Morgan fingerprint density at radius 1 is 1.32 bits per heavy atom. The minimum atomic E-state index is -0.661. The number of amidine groups is 1. The van der Waals surface area contributed by atoms with Crippen molar-refractivity contribution in [3.63, 3.8) is 0 Å². The zero-order valence-corrected chi connectivity index (χ0v) is 10.9. The van der Waals surface area contributed by atoms with Gasteiger partial charge in [-0.15, -0.1) is 0 Å². The van der Waals surface area contributed by atoms with E-state index in [-0.39, 0.29) is 5.75 Å². The van der Waals surface area contributed by atoms with E-state index in [0.717, 1.165) is 23.5 Å². The van der Waals surface area contributed by atoms with Crippen molar-refractivity contribution < 1.29 is 10.2 Å². The van der Waals surface area contributed by atoms with Crippen molar-refractivity contribution in [1.29, 1.82) is 0 Å². The molecule has 0 aromatic heterocycles. The number of rotatable bonds is 3. The Labute approximate surface area is 112 Å². The fraction of sp³-hybridized carbons (Fsp3) is 0.267. The summed E-state index contributed by atoms with van der Waals surface area (Å²) in [6.07, 6.45) is 6.07. The molecule has 1 atom stereocenters. The van der Waals surface area contributed by atoms with Gasteiger partial charge in [-0.2, -0.15) is 0 Å². The molecule has 0 radical (unpaired) electrons. The molecule has 1 aromatic carbocycles. The molecule has 0 saturated heterocycles. The molecule has 0 amide bonds. The van der Waals surface area contributed by atoms with Gasteiger partial charge < -0.3 is 15.5 Å². The van der Waals surface area contributed by atoms with Crippen LogP contribution in [-0.4, -0.2) is 22.6 Å². The molecule has 1 aliphatic heterocycles. The minimum absolute atomic E-state index is 0.193. The highest BCUT2D eigenvalue weighted by Gasteiger charge is 2.08. The topological polar surface area (TPSA) is 64.9 Å². The van der Waals surface area contributed by atoms with Gasteiger partial charge in [-0.1, -0.05) is 24.3 Å². The van der Waals surface area contributed by atoms with Crippen molar-refractivity contribution in [2.75, 3.05) is 6.54 Å². The van der Waals surface area contributed by atoms with Gasteiger partial charge in [-0.25, -0.2) is 0 Å². The average Bonchev–Trinajstić information content (AvgIpc) is 2.61. The van der Waals surface area contributed by atoms with E-state index in [9.17, 15) is 10.2 Å². The fourth-order valence-corrected chi connectivity index (χ4v) is 1.81. The zero-order chi connectivity index (χ0) is 13.7. The third-order valence-electron chi connectivity index (χ3n) is 2.87. The molecule has 0 aliphatic carbocycles. The number of phenolic OH excluding ortho intramolecular Hbond substituents is 1. The summed E-state index contributed by atoms with van der Waals surface area (Å²) in [6.45, 7) is 2.27. The zero-order valence-electron chi connectivity index (χ0n) is 10.9. The number of allylic oxidation sites excluding steroid dienone is 3. The Balaban J connectivity index is 1.99. The van der Waals surface area contributed by atoms with Crippen LogP contribution >= 0.6 is 0 Å². The van der Waals surface area contributed by atoms with Crippen LogP contribution in [0.25, 0.3) is 0 Å². The molecule has 4 heteroatoms. The lowest BCUT2D eigenvalue weighted by Gasteiger charge is -2.11. The smallest absolute Gasteiger partial charge is 0.115 e. The van der Waals surface area contributed by atoms with Crippen LogP contribution in [0.5, 0.6) is 5.75 Å². The standard InChI is InChI=1S/C15H18N2O2/c1-11-4-2-3-5-15(17-11)16-10-14(19)12-6-8-13(18)9-7-12/h2-4,6-9,14,18-19H,5,10H2,1H3,(H,16,17). The maximum atomic E-state index is 10.0. The first-order valence-electron chi connectivity index (χ1n) is 6.26. The Kier molecular flexibility index (Phi) is 4.36. The van der Waals surface area contributed by atoms with Gasteiger partial charge in [0.1, 0.15) is 11.6 Å². The molecule has 4 nitrogen and oxygen atoms in total. The second kappa shape index (κ2) is 6.20. The third kappa shape index (κ3) is 3.96. The largest absolute Gasteiger partial charge is 0.508 e. The van der Waals surface area contributed by atoms with Crippen molar-refractivity contribution >= 4 is 5.84 Å². The van der Waals surface area contributed by atoms with Gasteiger partial charge >= 0.3 is 0 Å². The maximum absolute atomic E-state index is 10.0. The van der Waals surface area contributed by atoms with E-state index in [2.05, 4.69) is 10.3 Å². The molecule has 1 unspecified atom stereocenters. The van der Waals surface area contributed by atoms with E-state index in [1.54, 1.807) is 24.3 Å². The van der Waals surface area contributed by atoms with Crippen LogP contribution in [0.2, 0.25) is 0 Å². The molecular formula is C15H18N2O2. The summed E-state index contributed by atoms with van der Waals surface area (Å²) < 4.78 is 0. The molecule has 0 spiro atoms. The first kappa shape index (κ1) is 13.4. The van der Waals surface area contributed by atoms with Crippen molar-refractivity contribution in [2.45, 2.75) is 19.4 Å². The first-order valence-corrected chi connectivity index (χ1v) is 6.26. The van der Waals surface area contributed by atoms with Crippen molar-refractivity contribution in [2.24, 2.45) is 4.99 Å². The fourth-order valence-electron chi connectivity index (χ4n) is 1.81. The number of aliphatic hydroxyl groups excluding tert-OH is 1. The second-order valence-corrected chi connectivity index (χ2v) is 4.50. The number of aromatic hydroxyl groups is 1. The summed E-state index contributed by atoms with van der Waals surface area (Å²) in [6, 6.07) is 6.52. The van der Waals surface area contributed by atoms with Gasteiger partial charge in [0, 0.05) is 12.1 Å². The summed E-state index contributed by atoms with van der Waals surface area (Å²) >= 11 is 0. The predicted molar refractivity (Wildman–Crippen MR) is 76.0 cm³/mol. The van der Waals surface area contributed by atoms with Gasteiger partial charge in [0.25, 0.3) is 0 Å². The molecule has 0 saturated carbocycles. The van der Waals surface area contributed by atoms with Crippen molar-refractivity contribution in [3.05, 3.63) is 53.8 Å². The van der Waals surface area contributed by atoms with Crippen molar-refractivity contribution in [3.8, 4) is 5.75 Å². The van der Waals surface area contributed by atoms with Gasteiger partial charge in [-0.3, -0.25) is 4.99 Å². The summed E-state index contributed by atoms with van der Waals surface area (Å²) in [5, 5.41) is 22.4. The Morgan fingerprint density at radius 2 is 2.05 bits per heavy atom. The van der Waals surface area contributed by atoms with E-state index in [1.807, 2.05) is 25.2 Å². The lowest BCUT2D eigenvalue weighted by molar-refractivity contribution is 0.187. The molecule has 0 fully saturated rings. The molecule has 1 aromatic rings. The minimum Gasteiger partial charge on any atom is -0.508 e. The van der Waals surface area contributed by atoms with E-state index in [4.69, 9.17) is 0 Å². The van der Waals surface area contributed by atoms with E-state index in [0.29, 0.717) is 6.54 Å². The first-order chi connectivity index (χ1) is 9.15. The van der Waals surface area contributed by atoms with Crippen LogP contribution in [0.15, 0.2) is 53.2 Å². The highest BCUT2D eigenvalue weighted by Crippen LogP contribution is 2.17. The number of nitrogens with one attached hydrogen (secondary N) is 1. The number of aliphatic hydroxyl groups is 1. The van der Waals surface area contributed by atoms with Crippen LogP contribution in [0.3, 0.4) is 0 Å². The second-order valence-electron chi connectivity index (χ2n) is 4.50. The Morgan fingerprint density at radius 3 is 2.79 bits per heavy atom. The predicted octanol–water partition coefficient (Wildman–Crippen LogP) is 2.28. The molecule has 0 bridgehead atoms. The summed E-state index contributed by atoms with van der Waals surface area (Å²) in [5.74, 6) is 1.04. The number of nitrogens with zero attached hydrogens (tertiary/aromatic N) is 1. The number of phenols is 1. The SMILES string of the molecule is CC1=CC=CCC(=NCC(O)c2ccc(O)cc2)N1. The van der Waals surface area contributed by atoms with Crippen LogP contribution < -0.4 is 5.32 Å². The summed E-state index contributed by atoms with van der Waals surface area (Å²) in [5.41, 5.74) is 1.78. The van der Waals surface area contributed by atoms with Gasteiger partial charge in [-0.05, 0) is 30.7 Å². The van der Waals surface area contributed by atoms with Gasteiger partial charge in [0.2, 0.25) is 0 Å². The molecule has 100 valence electrons. The molecule has 19 heavy (non-hydrogen) atoms. The Bertz CT molecular complexity index is 515. The molecule has 3 N–H and O–H groups in total. The summed E-state index contributed by atoms with van der Waals surface area (Å²) in [7, 11) is 0. The van der Waals surface area contributed by atoms with Crippen molar-refractivity contribution in [1.82, 2.24) is 5.32 Å². The van der Waals surface area contributed by atoms with Crippen LogP contribution in [0.4, 0.5) is 0 Å². The summed E-state index contributed by atoms with van der Waals surface area (Å²) in [4.78, 5) is 4.39. The molecule has 2 rings (SSSR count). The third-order valence-corrected chi connectivity index (χ3v) is 2.87. The monoisotopic (exact) mass is 258 g/mol. The van der Waals surface area contributed by atoms with Crippen LogP contribution in [0, 0.1) is 0 Å². The highest BCUT2D eigenvalue weighted by atomic mass is 16.3. The van der Waals surface area contributed by atoms with Crippen LogP contribution in [-0.2, 0) is 0 Å². The average molecular weight is 258 g/mol. The number of aliphatic imine (C=N–C) groups is 1. The molecule has 1 aliphatic rings. The number of benzene rings is 1. The maximum Gasteiger partial charge on any atom is 0.115 e. The lowest BCUT2D eigenvalue weighted by Crippen LogP contribution is -2.21. The number of hydrogen-bond acceptors (Lipinski definition) is 3. The highest BCUT2D eigenvalue weighted by molar-refractivity contribution is 5.85. The van der Waals surface area contributed by atoms with E-state index < -0.39 is 6.10 Å². The van der Waals surface area contributed by atoms with E-state index in [1.165, 1.54) is 0 Å². The quantitative estimate of drug-likeness (QED) is 0.779. The molecular weight excluding hydrogens is 240 g/mol. The Hall–Kier alpha value is -2.07. The van der Waals surface area contributed by atoms with Gasteiger partial charge in [0.05, 0.1) is 12.6 Å².